The van der Waals surface area contributed by atoms with E-state index in [1.807, 2.05) is 12.1 Å². The number of sulfonamides is 1. The van der Waals surface area contributed by atoms with Gasteiger partial charge in [0, 0.05) is 18.0 Å². The number of primary sulfonamides is 1. The van der Waals surface area contributed by atoms with Crippen molar-refractivity contribution in [3.05, 3.63) is 53.1 Å². The molecule has 2 unspecified atom stereocenters. The zero-order chi connectivity index (χ0) is 18.0. The maximum Gasteiger partial charge on any atom is 0.238 e. The molecule has 2 aliphatic rings. The van der Waals surface area contributed by atoms with Gasteiger partial charge in [0.2, 0.25) is 10.0 Å². The lowest BCUT2D eigenvalue weighted by atomic mass is 9.90. The molecule has 134 valence electrons. The minimum absolute atomic E-state index is 0.120. The molecule has 25 heavy (non-hydrogen) atoms. The molecular weight excluding hydrogens is 362 g/mol. The molecule has 2 aliphatic heterocycles. The predicted molar refractivity (Wildman–Crippen MR) is 98.3 cm³/mol. The van der Waals surface area contributed by atoms with Crippen LogP contribution in [0.1, 0.15) is 17.9 Å². The average Bonchev–Trinajstić information content (AvgIpc) is 2.95. The molecule has 0 bridgehead atoms. The fourth-order valence-corrected chi connectivity index (χ4v) is 3.73. The summed E-state index contributed by atoms with van der Waals surface area (Å²) in [6.07, 6.45) is 1.08. The van der Waals surface area contributed by atoms with Crippen LogP contribution in [0.5, 0.6) is 5.75 Å². The van der Waals surface area contributed by atoms with Crippen LogP contribution in [0.3, 0.4) is 0 Å². The van der Waals surface area contributed by atoms with Gasteiger partial charge in [-0.2, -0.15) is 0 Å². The number of fused-ring (bicyclic) bond motifs is 3. The zero-order valence-corrected chi connectivity index (χ0v) is 15.1. The van der Waals surface area contributed by atoms with E-state index in [2.05, 4.69) is 5.32 Å². The van der Waals surface area contributed by atoms with Gasteiger partial charge in [0.15, 0.2) is 0 Å². The normalized spacial score (nSPS) is 21.4. The van der Waals surface area contributed by atoms with Crippen LogP contribution >= 0.6 is 11.6 Å². The number of hydrogen-bond donors (Lipinski definition) is 3. The zero-order valence-electron chi connectivity index (χ0n) is 13.5. The number of anilines is 1. The van der Waals surface area contributed by atoms with Gasteiger partial charge in [-0.1, -0.05) is 23.7 Å². The summed E-state index contributed by atoms with van der Waals surface area (Å²) in [6.45, 7) is 1.74. The van der Waals surface area contributed by atoms with Crippen LogP contribution in [0.2, 0.25) is 5.02 Å². The van der Waals surface area contributed by atoms with Crippen LogP contribution in [-0.4, -0.2) is 27.6 Å². The largest absolute Gasteiger partial charge is 0.488 e. The van der Waals surface area contributed by atoms with E-state index in [0.717, 1.165) is 30.8 Å². The summed E-state index contributed by atoms with van der Waals surface area (Å²) < 4.78 is 28.4. The highest BCUT2D eigenvalue weighted by molar-refractivity contribution is 7.89. The molecule has 1 fully saturated rings. The molecule has 0 saturated carbocycles. The summed E-state index contributed by atoms with van der Waals surface area (Å²) in [5, 5.41) is 9.02. The van der Waals surface area contributed by atoms with E-state index >= 15 is 0 Å². The lowest BCUT2D eigenvalue weighted by molar-refractivity contribution is 0.177. The molecule has 6 nitrogen and oxygen atoms in total. The van der Waals surface area contributed by atoms with E-state index in [9.17, 15) is 8.42 Å². The van der Waals surface area contributed by atoms with Crippen LogP contribution in [0.4, 0.5) is 5.69 Å². The average molecular weight is 382 g/mol. The summed E-state index contributed by atoms with van der Waals surface area (Å²) >= 11 is 5.58. The van der Waals surface area contributed by atoms with E-state index < -0.39 is 10.0 Å². The van der Waals surface area contributed by atoms with Crippen molar-refractivity contribution in [1.29, 1.82) is 0 Å². The Balaban J connectivity index is 0.000000192. The van der Waals surface area contributed by atoms with Crippen LogP contribution in [0, 0.1) is 0 Å². The molecule has 0 aliphatic carbocycles. The Hall–Kier alpha value is -1.80. The third-order valence-electron chi connectivity index (χ3n) is 4.32. The Morgan fingerprint density at radius 3 is 2.60 bits per heavy atom. The van der Waals surface area contributed by atoms with Crippen LogP contribution in [0.15, 0.2) is 47.4 Å². The maximum absolute atomic E-state index is 11.3. The van der Waals surface area contributed by atoms with Gasteiger partial charge < -0.3 is 15.8 Å². The maximum atomic E-state index is 11.3. The fourth-order valence-electron chi connectivity index (χ4n) is 3.05. The van der Waals surface area contributed by atoms with Gasteiger partial charge >= 0.3 is 0 Å². The first kappa shape index (κ1) is 18.0. The van der Waals surface area contributed by atoms with E-state index in [-0.39, 0.29) is 16.9 Å². The molecule has 2 aromatic carbocycles. The molecule has 1 saturated heterocycles. The second-order valence-electron chi connectivity index (χ2n) is 6.02. The number of ether oxygens (including phenoxy) is 1. The molecule has 2 heterocycles. The van der Waals surface area contributed by atoms with Crippen molar-refractivity contribution >= 4 is 27.3 Å². The molecule has 0 radical (unpaired) electrons. The second kappa shape index (κ2) is 7.21. The first-order chi connectivity index (χ1) is 11.9. The highest BCUT2D eigenvalue weighted by Gasteiger charge is 2.36. The number of benzene rings is 2. The van der Waals surface area contributed by atoms with Crippen LogP contribution < -0.4 is 20.9 Å². The summed E-state index contributed by atoms with van der Waals surface area (Å²) in [5.74, 6) is 1.07. The van der Waals surface area contributed by atoms with Crippen LogP contribution in [-0.2, 0) is 10.0 Å². The number of nitrogens with one attached hydrogen (secondary N) is 1. The van der Waals surface area contributed by atoms with Gasteiger partial charge in [0.1, 0.15) is 11.9 Å². The molecule has 0 spiro atoms. The molecule has 5 N–H and O–H groups in total. The van der Waals surface area contributed by atoms with Gasteiger partial charge in [-0.05, 0) is 43.3 Å². The number of nitrogen functional groups attached to an aromatic ring is 1. The molecular formula is C17H20ClN3O3S. The van der Waals surface area contributed by atoms with Crippen molar-refractivity contribution < 1.29 is 13.2 Å². The molecule has 2 aromatic rings. The van der Waals surface area contributed by atoms with Gasteiger partial charge in [0.05, 0.1) is 15.6 Å². The van der Waals surface area contributed by atoms with E-state index in [0.29, 0.717) is 10.7 Å². The number of halogens is 1. The lowest BCUT2D eigenvalue weighted by Crippen LogP contribution is -2.39. The number of nitrogens with two attached hydrogens (primary N) is 2. The highest BCUT2D eigenvalue weighted by atomic mass is 35.5. The van der Waals surface area contributed by atoms with Gasteiger partial charge in [-0.15, -0.1) is 0 Å². The second-order valence-corrected chi connectivity index (χ2v) is 7.99. The third-order valence-corrected chi connectivity index (χ3v) is 5.57. The lowest BCUT2D eigenvalue weighted by Gasteiger charge is -2.24. The molecule has 0 aromatic heterocycles. The fraction of sp³-hybridized carbons (Fsp3) is 0.294. The number of piperidine rings is 1. The molecule has 4 rings (SSSR count). The van der Waals surface area contributed by atoms with Crippen molar-refractivity contribution in [1.82, 2.24) is 5.32 Å². The Kier molecular flexibility index (Phi) is 5.19. The van der Waals surface area contributed by atoms with E-state index in [1.54, 1.807) is 24.3 Å². The topological polar surface area (TPSA) is 107 Å². The number of hydrogen-bond acceptors (Lipinski definition) is 5. The minimum atomic E-state index is -3.63. The third kappa shape index (κ3) is 4.07. The van der Waals surface area contributed by atoms with Crippen molar-refractivity contribution in [2.75, 3.05) is 18.8 Å². The Morgan fingerprint density at radius 2 is 1.96 bits per heavy atom. The van der Waals surface area contributed by atoms with Crippen molar-refractivity contribution in [3.8, 4) is 5.75 Å². The predicted octanol–water partition coefficient (Wildman–Crippen LogP) is 2.09. The number of para-hydroxylation sites is 1. The number of rotatable bonds is 1. The first-order valence-corrected chi connectivity index (χ1v) is 9.83. The summed E-state index contributed by atoms with van der Waals surface area (Å²) in [5.41, 5.74) is 7.00. The van der Waals surface area contributed by atoms with Gasteiger partial charge in [0.25, 0.3) is 0 Å². The van der Waals surface area contributed by atoms with Crippen molar-refractivity contribution in [3.63, 3.8) is 0 Å². The van der Waals surface area contributed by atoms with Crippen LogP contribution in [0.25, 0.3) is 0 Å². The quantitative estimate of drug-likeness (QED) is 0.655. The summed E-state index contributed by atoms with van der Waals surface area (Å²) in [4.78, 5) is 0.166. The Bertz CT molecular complexity index is 852. The minimum Gasteiger partial charge on any atom is -0.488 e. The highest BCUT2D eigenvalue weighted by Crippen LogP contribution is 2.41. The molecule has 0 amide bonds. The monoisotopic (exact) mass is 381 g/mol. The smallest absolute Gasteiger partial charge is 0.238 e. The standard InChI is InChI=1S/C11H14N2O3S.C6H6ClN/c12-17(14,15)7-1-2-10-9(5-7)8-3-4-13-6-11(8)16-10;7-5-3-1-2-4-6(5)8/h1-2,5,8,11,13H,3-4,6H2,(H2,12,14,15);1-4H,8H2. The van der Waals surface area contributed by atoms with Crippen molar-refractivity contribution in [2.45, 2.75) is 23.3 Å². The van der Waals surface area contributed by atoms with E-state index in [4.69, 9.17) is 27.2 Å². The van der Waals surface area contributed by atoms with Gasteiger partial charge in [-0.25, -0.2) is 13.6 Å². The summed E-state index contributed by atoms with van der Waals surface area (Å²) in [6, 6.07) is 12.1. The van der Waals surface area contributed by atoms with Crippen molar-refractivity contribution in [2.24, 2.45) is 5.14 Å². The first-order valence-electron chi connectivity index (χ1n) is 7.90. The van der Waals surface area contributed by atoms with E-state index in [1.165, 1.54) is 6.07 Å². The Morgan fingerprint density at radius 1 is 1.20 bits per heavy atom. The molecule has 2 atom stereocenters. The Labute approximate surface area is 152 Å². The SMILES string of the molecule is NS(=O)(=O)c1ccc2c(c1)C1CCNCC1O2.Nc1ccccc1Cl. The summed E-state index contributed by atoms with van der Waals surface area (Å²) in [7, 11) is -3.63. The van der Waals surface area contributed by atoms with Gasteiger partial charge in [-0.3, -0.25) is 0 Å². The molecule has 8 heteroatoms.